The van der Waals surface area contributed by atoms with Crippen LogP contribution in [0.4, 0.5) is 5.69 Å². The van der Waals surface area contributed by atoms with Gasteiger partial charge in [0.25, 0.3) is 0 Å². The molecule has 1 aromatic rings. The van der Waals surface area contributed by atoms with Crippen LogP contribution in [0.1, 0.15) is 24.8 Å². The van der Waals surface area contributed by atoms with E-state index in [-0.39, 0.29) is 12.2 Å². The molecule has 0 spiro atoms. The monoisotopic (exact) mass is 278 g/mol. The van der Waals surface area contributed by atoms with E-state index in [4.69, 9.17) is 15.2 Å². The first-order chi connectivity index (χ1) is 9.63. The summed E-state index contributed by atoms with van der Waals surface area (Å²) < 4.78 is 10.9. The molecule has 0 bridgehead atoms. The van der Waals surface area contributed by atoms with Crippen molar-refractivity contribution in [3.63, 3.8) is 0 Å². The Balaban J connectivity index is 1.82. The van der Waals surface area contributed by atoms with Gasteiger partial charge in [-0.25, -0.2) is 0 Å². The zero-order valence-electron chi connectivity index (χ0n) is 12.7. The third-order valence-electron chi connectivity index (χ3n) is 4.28. The molecule has 0 saturated carbocycles. The predicted molar refractivity (Wildman–Crippen MR) is 81.9 cm³/mol. The summed E-state index contributed by atoms with van der Waals surface area (Å²) >= 11 is 0. The second-order valence-electron chi connectivity index (χ2n) is 5.66. The Kier molecular flexibility index (Phi) is 5.40. The highest BCUT2D eigenvalue weighted by molar-refractivity contribution is 5.40. The lowest BCUT2D eigenvalue weighted by atomic mass is 9.97. The molecule has 1 aliphatic rings. The van der Waals surface area contributed by atoms with Gasteiger partial charge in [0, 0.05) is 33.0 Å². The van der Waals surface area contributed by atoms with Gasteiger partial charge in [-0.1, -0.05) is 19.1 Å². The van der Waals surface area contributed by atoms with Crippen LogP contribution in [0.15, 0.2) is 24.3 Å². The van der Waals surface area contributed by atoms with Crippen molar-refractivity contribution >= 4 is 5.69 Å². The van der Waals surface area contributed by atoms with Crippen LogP contribution < -0.4 is 5.73 Å². The summed E-state index contributed by atoms with van der Waals surface area (Å²) in [4.78, 5) is 2.43. The predicted octanol–water partition coefficient (Wildman–Crippen LogP) is 2.11. The Hall–Kier alpha value is -1.10. The van der Waals surface area contributed by atoms with Crippen molar-refractivity contribution in [2.45, 2.75) is 31.5 Å². The second-order valence-corrected chi connectivity index (χ2v) is 5.66. The van der Waals surface area contributed by atoms with Crippen LogP contribution in [0.25, 0.3) is 0 Å². The van der Waals surface area contributed by atoms with Gasteiger partial charge >= 0.3 is 0 Å². The normalized spacial score (nSPS) is 24.9. The van der Waals surface area contributed by atoms with Crippen molar-refractivity contribution in [2.75, 3.05) is 39.6 Å². The van der Waals surface area contributed by atoms with E-state index in [1.165, 1.54) is 5.56 Å². The molecule has 112 valence electrons. The first kappa shape index (κ1) is 15.3. The molecule has 0 radical (unpaired) electrons. The van der Waals surface area contributed by atoms with Crippen LogP contribution in [0.5, 0.6) is 0 Å². The van der Waals surface area contributed by atoms with E-state index >= 15 is 0 Å². The van der Waals surface area contributed by atoms with Gasteiger partial charge in [0.15, 0.2) is 0 Å². The van der Waals surface area contributed by atoms with E-state index in [0.29, 0.717) is 5.92 Å². The van der Waals surface area contributed by atoms with Crippen molar-refractivity contribution in [2.24, 2.45) is 0 Å². The zero-order chi connectivity index (χ0) is 14.5. The molecule has 1 aromatic carbocycles. The first-order valence-corrected chi connectivity index (χ1v) is 7.27. The van der Waals surface area contributed by atoms with Gasteiger partial charge in [-0.3, -0.25) is 4.90 Å². The van der Waals surface area contributed by atoms with Gasteiger partial charge in [-0.2, -0.15) is 0 Å². The van der Waals surface area contributed by atoms with Crippen LogP contribution in [-0.2, 0) is 9.47 Å². The molecule has 4 heteroatoms. The van der Waals surface area contributed by atoms with Crippen molar-refractivity contribution < 1.29 is 9.47 Å². The summed E-state index contributed by atoms with van der Waals surface area (Å²) in [5.74, 6) is 0.540. The molecule has 0 amide bonds. The molecular formula is C16H26N2O2. The van der Waals surface area contributed by atoms with Crippen molar-refractivity contribution in [3.8, 4) is 0 Å². The van der Waals surface area contributed by atoms with Crippen LogP contribution in [0.2, 0.25) is 0 Å². The van der Waals surface area contributed by atoms with Gasteiger partial charge in [-0.05, 0) is 36.6 Å². The second kappa shape index (κ2) is 7.07. The number of hydrogen-bond donors (Lipinski definition) is 1. The number of nitrogen functional groups attached to an aromatic ring is 1. The molecule has 3 atom stereocenters. The number of nitrogens with zero attached hydrogens (tertiary/aromatic N) is 1. The average molecular weight is 278 g/mol. The molecule has 4 nitrogen and oxygen atoms in total. The SMILES string of the molecule is COC1CN(CCC(C)c2ccc(N)cc2)CC1OC. The van der Waals surface area contributed by atoms with Crippen LogP contribution in [0, 0.1) is 0 Å². The molecule has 1 fully saturated rings. The standard InChI is InChI=1S/C16H26N2O2/c1-12(13-4-6-14(17)7-5-13)8-9-18-10-15(19-2)16(11-18)20-3/h4-7,12,15-16H,8-11,17H2,1-3H3. The van der Waals surface area contributed by atoms with Crippen molar-refractivity contribution in [3.05, 3.63) is 29.8 Å². The van der Waals surface area contributed by atoms with Crippen molar-refractivity contribution in [1.29, 1.82) is 0 Å². The summed E-state index contributed by atoms with van der Waals surface area (Å²) in [6, 6.07) is 8.20. The van der Waals surface area contributed by atoms with Crippen molar-refractivity contribution in [1.82, 2.24) is 4.90 Å². The Morgan fingerprint density at radius 2 is 1.70 bits per heavy atom. The molecule has 0 aromatic heterocycles. The highest BCUT2D eigenvalue weighted by atomic mass is 16.5. The molecule has 2 rings (SSSR count). The quantitative estimate of drug-likeness (QED) is 0.810. The Morgan fingerprint density at radius 3 is 2.20 bits per heavy atom. The van der Waals surface area contributed by atoms with E-state index < -0.39 is 0 Å². The van der Waals surface area contributed by atoms with E-state index in [0.717, 1.165) is 31.7 Å². The molecule has 1 aliphatic heterocycles. The number of ether oxygens (including phenoxy) is 2. The first-order valence-electron chi connectivity index (χ1n) is 7.27. The number of nitrogens with two attached hydrogens (primary N) is 1. The Labute approximate surface area is 121 Å². The summed E-state index contributed by atoms with van der Waals surface area (Å²) in [7, 11) is 3.52. The number of benzene rings is 1. The maximum atomic E-state index is 5.73. The number of rotatable bonds is 6. The van der Waals surface area contributed by atoms with Crippen LogP contribution >= 0.6 is 0 Å². The smallest absolute Gasteiger partial charge is 0.0971 e. The number of anilines is 1. The van der Waals surface area contributed by atoms with Crippen LogP contribution in [-0.4, -0.2) is 51.0 Å². The minimum atomic E-state index is 0.201. The highest BCUT2D eigenvalue weighted by Gasteiger charge is 2.32. The molecule has 0 aliphatic carbocycles. The Morgan fingerprint density at radius 1 is 1.15 bits per heavy atom. The minimum absolute atomic E-state index is 0.201. The fourth-order valence-electron chi connectivity index (χ4n) is 2.82. The maximum Gasteiger partial charge on any atom is 0.0971 e. The third-order valence-corrected chi connectivity index (χ3v) is 4.28. The Bertz CT molecular complexity index is 395. The molecule has 2 N–H and O–H groups in total. The van der Waals surface area contributed by atoms with E-state index in [9.17, 15) is 0 Å². The summed E-state index contributed by atoms with van der Waals surface area (Å²) in [5.41, 5.74) is 7.90. The molecule has 1 heterocycles. The third kappa shape index (κ3) is 3.72. The molecule has 3 unspecified atom stereocenters. The summed E-state index contributed by atoms with van der Waals surface area (Å²) in [6.45, 7) is 5.27. The fraction of sp³-hybridized carbons (Fsp3) is 0.625. The maximum absolute atomic E-state index is 5.73. The van der Waals surface area contributed by atoms with Gasteiger partial charge in [0.1, 0.15) is 0 Å². The minimum Gasteiger partial charge on any atom is -0.399 e. The lowest BCUT2D eigenvalue weighted by Gasteiger charge is -2.18. The largest absolute Gasteiger partial charge is 0.399 e. The molecular weight excluding hydrogens is 252 g/mol. The van der Waals surface area contributed by atoms with Crippen LogP contribution in [0.3, 0.4) is 0 Å². The number of hydrogen-bond acceptors (Lipinski definition) is 4. The average Bonchev–Trinajstić information content (AvgIpc) is 2.88. The highest BCUT2D eigenvalue weighted by Crippen LogP contribution is 2.22. The fourth-order valence-corrected chi connectivity index (χ4v) is 2.82. The molecule has 1 saturated heterocycles. The summed E-state index contributed by atoms with van der Waals surface area (Å²) in [5, 5.41) is 0. The topological polar surface area (TPSA) is 47.7 Å². The van der Waals surface area contributed by atoms with Gasteiger partial charge in [0.2, 0.25) is 0 Å². The summed E-state index contributed by atoms with van der Waals surface area (Å²) in [6.07, 6.45) is 1.54. The van der Waals surface area contributed by atoms with E-state index in [2.05, 4.69) is 24.0 Å². The zero-order valence-corrected chi connectivity index (χ0v) is 12.7. The number of likely N-dealkylation sites (tertiary alicyclic amines) is 1. The van der Waals surface area contributed by atoms with E-state index in [1.54, 1.807) is 14.2 Å². The number of methoxy groups -OCH3 is 2. The molecule has 20 heavy (non-hydrogen) atoms. The lowest BCUT2D eigenvalue weighted by molar-refractivity contribution is -0.00461. The van der Waals surface area contributed by atoms with Gasteiger partial charge in [0.05, 0.1) is 12.2 Å². The van der Waals surface area contributed by atoms with Gasteiger partial charge < -0.3 is 15.2 Å². The van der Waals surface area contributed by atoms with Gasteiger partial charge in [-0.15, -0.1) is 0 Å². The van der Waals surface area contributed by atoms with E-state index in [1.807, 2.05) is 12.1 Å². The lowest BCUT2D eigenvalue weighted by Crippen LogP contribution is -2.27.